The molecule has 20 heavy (non-hydrogen) atoms. The van der Waals surface area contributed by atoms with E-state index in [0.717, 1.165) is 11.0 Å². The molecule has 0 fully saturated rings. The maximum absolute atomic E-state index is 11.7. The molecule has 2 aromatic rings. The summed E-state index contributed by atoms with van der Waals surface area (Å²) in [5, 5.41) is 11.6. The van der Waals surface area contributed by atoms with Crippen LogP contribution in [-0.2, 0) is 18.4 Å². The number of aryl methyl sites for hydroxylation is 2. The van der Waals surface area contributed by atoms with E-state index in [-0.39, 0.29) is 42.5 Å². The molecule has 0 spiro atoms. The van der Waals surface area contributed by atoms with Crippen molar-refractivity contribution in [1.82, 2.24) is 9.88 Å². The third-order valence-corrected chi connectivity index (χ3v) is 3.14. The second-order valence-electron chi connectivity index (χ2n) is 4.81. The summed E-state index contributed by atoms with van der Waals surface area (Å²) in [6, 6.07) is 7.91. The summed E-state index contributed by atoms with van der Waals surface area (Å²) in [6.07, 6.45) is 2.40. The van der Waals surface area contributed by atoms with Crippen molar-refractivity contribution < 1.29 is 38.4 Å². The van der Waals surface area contributed by atoms with Gasteiger partial charge >= 0.3 is 0 Å². The lowest BCUT2D eigenvalue weighted by Gasteiger charge is -2.09. The number of hydrogen-bond acceptors (Lipinski definition) is 2. The Hall–Kier alpha value is -1.15. The van der Waals surface area contributed by atoms with Crippen LogP contribution in [-0.4, -0.2) is 28.2 Å². The number of aliphatic hydroxyl groups excluding tert-OH is 1. The number of amides is 1. The second-order valence-corrected chi connectivity index (χ2v) is 4.81. The molecular formula is C14H20IN3O2. The van der Waals surface area contributed by atoms with Crippen molar-refractivity contribution in [3.63, 3.8) is 0 Å². The number of imidazole rings is 1. The van der Waals surface area contributed by atoms with Crippen LogP contribution >= 0.6 is 0 Å². The number of fused-ring (bicyclic) bond motifs is 1. The van der Waals surface area contributed by atoms with Gasteiger partial charge in [-0.15, -0.1) is 0 Å². The number of carbonyl (C=O) groups is 1. The van der Waals surface area contributed by atoms with E-state index in [1.165, 1.54) is 0 Å². The van der Waals surface area contributed by atoms with Crippen molar-refractivity contribution in [2.24, 2.45) is 7.05 Å². The molecule has 2 rings (SSSR count). The number of para-hydroxylation sites is 2. The predicted octanol–water partition coefficient (Wildman–Crippen LogP) is -2.64. The maximum atomic E-state index is 11.7. The van der Waals surface area contributed by atoms with E-state index in [4.69, 9.17) is 5.11 Å². The predicted molar refractivity (Wildman–Crippen MR) is 72.4 cm³/mol. The number of halogens is 1. The molecular weight excluding hydrogens is 369 g/mol. The third kappa shape index (κ3) is 3.92. The number of nitrogens with zero attached hydrogens (tertiary/aromatic N) is 2. The van der Waals surface area contributed by atoms with Gasteiger partial charge in [-0.1, -0.05) is 12.1 Å². The van der Waals surface area contributed by atoms with Gasteiger partial charge in [0.25, 0.3) is 0 Å². The quantitative estimate of drug-likeness (QED) is 0.434. The zero-order valence-corrected chi connectivity index (χ0v) is 13.9. The number of aromatic nitrogens is 2. The molecule has 0 radical (unpaired) electrons. The molecule has 0 saturated carbocycles. The van der Waals surface area contributed by atoms with Gasteiger partial charge in [-0.2, -0.15) is 0 Å². The zero-order chi connectivity index (χ0) is 13.8. The van der Waals surface area contributed by atoms with Gasteiger partial charge < -0.3 is 34.4 Å². The lowest BCUT2D eigenvalue weighted by atomic mass is 10.3. The summed E-state index contributed by atoms with van der Waals surface area (Å²) in [5.74, 6) is -0.0398. The first kappa shape index (κ1) is 16.9. The number of nitrogens with one attached hydrogen (secondary N) is 1. The number of benzene rings is 1. The second kappa shape index (κ2) is 7.58. The molecule has 0 aliphatic carbocycles. The van der Waals surface area contributed by atoms with Crippen LogP contribution in [0.3, 0.4) is 0 Å². The van der Waals surface area contributed by atoms with Crippen LogP contribution in [0.2, 0.25) is 0 Å². The Balaban J connectivity index is 0.00000200. The number of hydrogen-bond donors (Lipinski definition) is 2. The van der Waals surface area contributed by atoms with E-state index >= 15 is 0 Å². The summed E-state index contributed by atoms with van der Waals surface area (Å²) >= 11 is 0. The molecule has 1 aromatic heterocycles. The maximum Gasteiger partial charge on any atom is 0.244 e. The fraction of sp³-hybridized carbons (Fsp3) is 0.429. The minimum absolute atomic E-state index is 0. The lowest BCUT2D eigenvalue weighted by Crippen LogP contribution is -3.00. The first-order chi connectivity index (χ1) is 9.11. The normalized spacial score (nSPS) is 11.9. The van der Waals surface area contributed by atoms with Crippen LogP contribution in [0.1, 0.15) is 13.3 Å². The molecule has 6 heteroatoms. The molecule has 0 unspecified atom stereocenters. The molecule has 0 aliphatic heterocycles. The molecule has 0 aliphatic rings. The Bertz CT molecular complexity index is 583. The smallest absolute Gasteiger partial charge is 0.244 e. The van der Waals surface area contributed by atoms with E-state index in [1.807, 2.05) is 36.1 Å². The summed E-state index contributed by atoms with van der Waals surface area (Å²) in [5.41, 5.74) is 2.26. The number of aliphatic hydroxyl groups is 1. The highest BCUT2D eigenvalue weighted by atomic mass is 127. The van der Waals surface area contributed by atoms with Crippen molar-refractivity contribution in [2.75, 3.05) is 6.61 Å². The Labute approximate surface area is 135 Å². The Morgan fingerprint density at radius 2 is 2.15 bits per heavy atom. The number of carbonyl (C=O) groups excluding carboxylic acids is 1. The van der Waals surface area contributed by atoms with Crippen LogP contribution in [0.4, 0.5) is 0 Å². The molecule has 110 valence electrons. The topological polar surface area (TPSA) is 58.1 Å². The van der Waals surface area contributed by atoms with Crippen LogP contribution in [0.15, 0.2) is 30.6 Å². The van der Waals surface area contributed by atoms with Crippen molar-refractivity contribution in [1.29, 1.82) is 0 Å². The highest BCUT2D eigenvalue weighted by Gasteiger charge is 2.14. The molecule has 0 saturated heterocycles. The molecule has 2 N–H and O–H groups in total. The van der Waals surface area contributed by atoms with Gasteiger partial charge in [0.05, 0.1) is 26.6 Å². The van der Waals surface area contributed by atoms with Gasteiger partial charge in [-0.25, -0.2) is 9.13 Å². The first-order valence-electron chi connectivity index (χ1n) is 6.45. The van der Waals surface area contributed by atoms with Gasteiger partial charge in [-0.05, 0) is 19.1 Å². The third-order valence-electron chi connectivity index (χ3n) is 3.14. The first-order valence-corrected chi connectivity index (χ1v) is 6.45. The molecule has 0 bridgehead atoms. The van der Waals surface area contributed by atoms with Crippen molar-refractivity contribution in [2.45, 2.75) is 25.9 Å². The summed E-state index contributed by atoms with van der Waals surface area (Å²) in [7, 11) is 1.99. The van der Waals surface area contributed by atoms with Gasteiger partial charge in [0, 0.05) is 6.04 Å². The molecule has 5 nitrogen and oxygen atoms in total. The van der Waals surface area contributed by atoms with Gasteiger partial charge in [0.2, 0.25) is 12.2 Å². The van der Waals surface area contributed by atoms with Crippen LogP contribution < -0.4 is 33.9 Å². The van der Waals surface area contributed by atoms with Crippen molar-refractivity contribution >= 4 is 16.9 Å². The van der Waals surface area contributed by atoms with Gasteiger partial charge in [-0.3, -0.25) is 4.79 Å². The van der Waals surface area contributed by atoms with E-state index < -0.39 is 0 Å². The summed E-state index contributed by atoms with van der Waals surface area (Å²) in [4.78, 5) is 11.7. The molecule has 1 heterocycles. The van der Waals surface area contributed by atoms with Crippen LogP contribution in [0, 0.1) is 0 Å². The van der Waals surface area contributed by atoms with Gasteiger partial charge in [0.1, 0.15) is 0 Å². The minimum atomic E-state index is -0.190. The Kier molecular flexibility index (Phi) is 6.41. The fourth-order valence-corrected chi connectivity index (χ4v) is 2.13. The monoisotopic (exact) mass is 389 g/mol. The molecule has 1 atom stereocenters. The highest BCUT2D eigenvalue weighted by Crippen LogP contribution is 2.10. The van der Waals surface area contributed by atoms with E-state index in [2.05, 4.69) is 16.0 Å². The van der Waals surface area contributed by atoms with Crippen molar-refractivity contribution in [3.05, 3.63) is 30.6 Å². The van der Waals surface area contributed by atoms with Gasteiger partial charge in [0.15, 0.2) is 11.0 Å². The summed E-state index contributed by atoms with van der Waals surface area (Å²) < 4.78 is 4.11. The average Bonchev–Trinajstić information content (AvgIpc) is 2.74. The SMILES string of the molecule is C[C@@H](CO)NC(=O)CCn1c[n+](C)c2ccccc21.[I-]. The zero-order valence-electron chi connectivity index (χ0n) is 11.7. The number of rotatable bonds is 5. The molecule has 1 aromatic carbocycles. The van der Waals surface area contributed by atoms with E-state index in [1.54, 1.807) is 6.92 Å². The fourth-order valence-electron chi connectivity index (χ4n) is 2.13. The molecule has 1 amide bonds. The van der Waals surface area contributed by atoms with Crippen LogP contribution in [0.25, 0.3) is 11.0 Å². The Morgan fingerprint density at radius 1 is 1.45 bits per heavy atom. The summed E-state index contributed by atoms with van der Waals surface area (Å²) in [6.45, 7) is 2.38. The minimum Gasteiger partial charge on any atom is -1.00 e. The Morgan fingerprint density at radius 3 is 2.85 bits per heavy atom. The largest absolute Gasteiger partial charge is 1.00 e. The van der Waals surface area contributed by atoms with E-state index in [9.17, 15) is 4.79 Å². The standard InChI is InChI=1S/C14H19N3O2.HI/c1-11(9-18)15-14(19)7-8-17-10-16(2)12-5-3-4-6-13(12)17;/h3-6,10-11,18H,7-9H2,1-2H3;1H/t11-;/m0./s1. The average molecular weight is 389 g/mol. The lowest BCUT2D eigenvalue weighted by molar-refractivity contribution is -0.645. The van der Waals surface area contributed by atoms with E-state index in [0.29, 0.717) is 13.0 Å². The van der Waals surface area contributed by atoms with Crippen molar-refractivity contribution in [3.8, 4) is 0 Å². The highest BCUT2D eigenvalue weighted by molar-refractivity contribution is 5.76. The van der Waals surface area contributed by atoms with Crippen LogP contribution in [0.5, 0.6) is 0 Å².